The number of carbonyl (C=O) groups is 1. The molecule has 0 N–H and O–H groups in total. The summed E-state index contributed by atoms with van der Waals surface area (Å²) in [5.41, 5.74) is -0.379. The van der Waals surface area contributed by atoms with Crippen molar-refractivity contribution in [2.24, 2.45) is 17.8 Å². The summed E-state index contributed by atoms with van der Waals surface area (Å²) in [4.78, 5) is 12.2. The maximum absolute atomic E-state index is 12.2. The predicted molar refractivity (Wildman–Crippen MR) is 98.0 cm³/mol. The first-order valence-electron chi connectivity index (χ1n) is 8.43. The highest BCUT2D eigenvalue weighted by molar-refractivity contribution is 8.22. The molecule has 0 atom stereocenters. The molecule has 1 saturated carbocycles. The Morgan fingerprint density at radius 1 is 1.13 bits per heavy atom. The molecule has 5 heteroatoms. The van der Waals surface area contributed by atoms with Gasteiger partial charge < -0.3 is 4.74 Å². The largest absolute Gasteiger partial charge is 0.456 e. The standard InChI is InChI=1S/C18H27NO2S2/c1-12-5-7-13(8-6-12)14-10-22-17(23-11-14)15(9-19)16(20)21-18(2,3)4/h12-14H,5-8,10-11H2,1-4H3. The molecule has 1 aliphatic heterocycles. The molecule has 0 aromatic carbocycles. The minimum atomic E-state index is -0.564. The van der Waals surface area contributed by atoms with Gasteiger partial charge in [0.05, 0.1) is 4.24 Å². The fraction of sp³-hybridized carbons (Fsp3) is 0.778. The van der Waals surface area contributed by atoms with E-state index in [1.54, 1.807) is 23.5 Å². The maximum atomic E-state index is 12.2. The molecule has 1 heterocycles. The van der Waals surface area contributed by atoms with Crippen LogP contribution in [-0.2, 0) is 9.53 Å². The number of nitrogens with zero attached hydrogens (tertiary/aromatic N) is 1. The van der Waals surface area contributed by atoms with Crippen LogP contribution in [0.5, 0.6) is 0 Å². The van der Waals surface area contributed by atoms with Crippen LogP contribution in [0.4, 0.5) is 0 Å². The molecule has 0 radical (unpaired) electrons. The van der Waals surface area contributed by atoms with Crippen molar-refractivity contribution in [1.82, 2.24) is 0 Å². The third-order valence-electron chi connectivity index (χ3n) is 4.50. The monoisotopic (exact) mass is 353 g/mol. The van der Waals surface area contributed by atoms with Crippen molar-refractivity contribution in [3.8, 4) is 6.07 Å². The number of nitriles is 1. The zero-order chi connectivity index (χ0) is 17.0. The molecule has 0 aromatic rings. The highest BCUT2D eigenvalue weighted by Gasteiger charge is 2.31. The lowest BCUT2D eigenvalue weighted by molar-refractivity contribution is -0.149. The van der Waals surface area contributed by atoms with E-state index in [4.69, 9.17) is 4.74 Å². The average Bonchev–Trinajstić information content (AvgIpc) is 2.48. The average molecular weight is 354 g/mol. The van der Waals surface area contributed by atoms with E-state index in [2.05, 4.69) is 13.0 Å². The van der Waals surface area contributed by atoms with Gasteiger partial charge in [-0.2, -0.15) is 5.26 Å². The third-order valence-corrected chi connectivity index (χ3v) is 7.33. The van der Waals surface area contributed by atoms with Gasteiger partial charge in [0.25, 0.3) is 0 Å². The van der Waals surface area contributed by atoms with E-state index >= 15 is 0 Å². The summed E-state index contributed by atoms with van der Waals surface area (Å²) in [5, 5.41) is 9.35. The Hall–Kier alpha value is -0.600. The normalized spacial score (nSPS) is 28.8. The van der Waals surface area contributed by atoms with Crippen LogP contribution in [0.15, 0.2) is 9.81 Å². The quantitative estimate of drug-likeness (QED) is 0.398. The smallest absolute Gasteiger partial charge is 0.351 e. The molecule has 23 heavy (non-hydrogen) atoms. The van der Waals surface area contributed by atoms with Crippen LogP contribution in [0.1, 0.15) is 53.4 Å². The predicted octanol–water partition coefficient (Wildman–Crippen LogP) is 4.99. The van der Waals surface area contributed by atoms with Crippen LogP contribution in [0.25, 0.3) is 0 Å². The molecule has 1 saturated heterocycles. The summed E-state index contributed by atoms with van der Waals surface area (Å²) in [7, 11) is 0. The van der Waals surface area contributed by atoms with Gasteiger partial charge >= 0.3 is 5.97 Å². The van der Waals surface area contributed by atoms with Crippen molar-refractivity contribution < 1.29 is 9.53 Å². The molecule has 3 nitrogen and oxygen atoms in total. The molecule has 128 valence electrons. The first kappa shape index (κ1) is 18.7. The Bertz CT molecular complexity index is 498. The molecule has 0 bridgehead atoms. The van der Waals surface area contributed by atoms with Crippen LogP contribution in [0.3, 0.4) is 0 Å². The van der Waals surface area contributed by atoms with Crippen LogP contribution in [0.2, 0.25) is 0 Å². The minimum Gasteiger partial charge on any atom is -0.456 e. The van der Waals surface area contributed by atoms with Gasteiger partial charge in [-0.25, -0.2) is 4.79 Å². The molecule has 0 aromatic heterocycles. The van der Waals surface area contributed by atoms with Crippen LogP contribution < -0.4 is 0 Å². The molecule has 2 rings (SSSR count). The Balaban J connectivity index is 1.96. The fourth-order valence-corrected chi connectivity index (χ4v) is 6.08. The van der Waals surface area contributed by atoms with E-state index < -0.39 is 11.6 Å². The highest BCUT2D eigenvalue weighted by Crippen LogP contribution is 2.45. The summed E-state index contributed by atoms with van der Waals surface area (Å²) in [6, 6.07) is 2.06. The number of esters is 1. The molecular formula is C18H27NO2S2. The van der Waals surface area contributed by atoms with Crippen LogP contribution in [0, 0.1) is 29.1 Å². The van der Waals surface area contributed by atoms with E-state index in [1.165, 1.54) is 25.7 Å². The van der Waals surface area contributed by atoms with Gasteiger partial charge in [-0.15, -0.1) is 23.5 Å². The zero-order valence-corrected chi connectivity index (χ0v) is 16.2. The molecule has 1 aliphatic carbocycles. The molecule has 2 fully saturated rings. The fourth-order valence-electron chi connectivity index (χ4n) is 3.13. The number of hydrogen-bond acceptors (Lipinski definition) is 5. The van der Waals surface area contributed by atoms with Gasteiger partial charge in [0, 0.05) is 11.5 Å². The lowest BCUT2D eigenvalue weighted by atomic mass is 9.77. The van der Waals surface area contributed by atoms with Crippen molar-refractivity contribution in [1.29, 1.82) is 5.26 Å². The zero-order valence-electron chi connectivity index (χ0n) is 14.6. The number of hydrogen-bond donors (Lipinski definition) is 0. The lowest BCUT2D eigenvalue weighted by Crippen LogP contribution is -2.27. The molecule has 2 aliphatic rings. The molecular weight excluding hydrogens is 326 g/mol. The first-order chi connectivity index (χ1) is 10.8. The van der Waals surface area contributed by atoms with Gasteiger partial charge in [0.2, 0.25) is 0 Å². The SMILES string of the molecule is CC1CCC(C2CSC(=C(C#N)C(=O)OC(C)(C)C)SC2)CC1. The summed E-state index contributed by atoms with van der Waals surface area (Å²) >= 11 is 3.34. The van der Waals surface area contributed by atoms with Crippen molar-refractivity contribution >= 4 is 29.5 Å². The van der Waals surface area contributed by atoms with E-state index in [9.17, 15) is 10.1 Å². The van der Waals surface area contributed by atoms with Gasteiger partial charge in [-0.05, 0) is 51.4 Å². The van der Waals surface area contributed by atoms with Crippen molar-refractivity contribution in [2.75, 3.05) is 11.5 Å². The van der Waals surface area contributed by atoms with Crippen LogP contribution in [-0.4, -0.2) is 23.1 Å². The van der Waals surface area contributed by atoms with E-state index in [1.807, 2.05) is 20.8 Å². The van der Waals surface area contributed by atoms with Crippen molar-refractivity contribution in [2.45, 2.75) is 59.0 Å². The molecule has 0 amide bonds. The number of thioether (sulfide) groups is 2. The lowest BCUT2D eigenvalue weighted by Gasteiger charge is -2.35. The Morgan fingerprint density at radius 3 is 2.17 bits per heavy atom. The van der Waals surface area contributed by atoms with E-state index in [0.717, 1.165) is 27.6 Å². The van der Waals surface area contributed by atoms with Gasteiger partial charge in [0.1, 0.15) is 11.7 Å². The van der Waals surface area contributed by atoms with E-state index in [-0.39, 0.29) is 5.57 Å². The van der Waals surface area contributed by atoms with Gasteiger partial charge in [-0.3, -0.25) is 0 Å². The summed E-state index contributed by atoms with van der Waals surface area (Å²) in [6.45, 7) is 7.82. The Kier molecular flexibility index (Phi) is 6.50. The minimum absolute atomic E-state index is 0.186. The topological polar surface area (TPSA) is 50.1 Å². The number of rotatable bonds is 2. The number of ether oxygens (including phenoxy) is 1. The van der Waals surface area contributed by atoms with E-state index in [0.29, 0.717) is 5.92 Å². The Labute approximate surface area is 148 Å². The first-order valence-corrected chi connectivity index (χ1v) is 10.4. The summed E-state index contributed by atoms with van der Waals surface area (Å²) in [6.07, 6.45) is 5.37. The second kappa shape index (κ2) is 7.98. The maximum Gasteiger partial charge on any atom is 0.351 e. The highest BCUT2D eigenvalue weighted by atomic mass is 32.2. The number of carbonyl (C=O) groups excluding carboxylic acids is 1. The van der Waals surface area contributed by atoms with Crippen molar-refractivity contribution in [3.63, 3.8) is 0 Å². The van der Waals surface area contributed by atoms with Crippen molar-refractivity contribution in [3.05, 3.63) is 9.81 Å². The molecule has 0 unspecified atom stereocenters. The third kappa shape index (κ3) is 5.46. The van der Waals surface area contributed by atoms with Gasteiger partial charge in [-0.1, -0.05) is 19.8 Å². The Morgan fingerprint density at radius 2 is 1.70 bits per heavy atom. The van der Waals surface area contributed by atoms with Crippen LogP contribution >= 0.6 is 23.5 Å². The second-order valence-corrected chi connectivity index (χ2v) is 10.00. The summed E-state index contributed by atoms with van der Waals surface area (Å²) < 4.78 is 6.20. The van der Waals surface area contributed by atoms with Gasteiger partial charge in [0.15, 0.2) is 5.57 Å². The molecule has 0 spiro atoms. The summed E-state index contributed by atoms with van der Waals surface area (Å²) in [5.74, 6) is 3.97. The second-order valence-electron chi connectivity index (χ2n) is 7.68.